The summed E-state index contributed by atoms with van der Waals surface area (Å²) in [6.45, 7) is 2.15. The van der Waals surface area contributed by atoms with E-state index < -0.39 is 0 Å². The maximum absolute atomic E-state index is 12.4. The summed E-state index contributed by atoms with van der Waals surface area (Å²) in [5.41, 5.74) is 3.56. The summed E-state index contributed by atoms with van der Waals surface area (Å²) in [5, 5.41) is 0. The Morgan fingerprint density at radius 1 is 1.12 bits per heavy atom. The molecule has 0 fully saturated rings. The highest BCUT2D eigenvalue weighted by molar-refractivity contribution is 9.10. The van der Waals surface area contributed by atoms with Gasteiger partial charge in [0.1, 0.15) is 0 Å². The molecule has 0 N–H and O–H groups in total. The van der Waals surface area contributed by atoms with Crippen molar-refractivity contribution in [3.8, 4) is 0 Å². The molecular weight excluding hydrogens is 378 g/mol. The highest BCUT2D eigenvalue weighted by Gasteiger charge is 2.27. The Hall–Kier alpha value is -2.33. The van der Waals surface area contributed by atoms with Crippen LogP contribution in [-0.4, -0.2) is 19.1 Å². The van der Waals surface area contributed by atoms with Crippen LogP contribution in [0.15, 0.2) is 76.9 Å². The number of methoxy groups -OCH3 is 1. The minimum absolute atomic E-state index is 0.171. The molecule has 0 amide bonds. The van der Waals surface area contributed by atoms with Crippen molar-refractivity contribution in [1.29, 1.82) is 0 Å². The molecule has 1 atom stereocenters. The van der Waals surface area contributed by atoms with Gasteiger partial charge >= 0.3 is 5.97 Å². The first kappa shape index (κ1) is 17.5. The van der Waals surface area contributed by atoms with Gasteiger partial charge in [-0.2, -0.15) is 0 Å². The van der Waals surface area contributed by atoms with E-state index in [1.165, 1.54) is 7.11 Å². The zero-order valence-corrected chi connectivity index (χ0v) is 15.9. The molecule has 2 aromatic carbocycles. The van der Waals surface area contributed by atoms with Crippen LogP contribution in [0.4, 0.5) is 5.69 Å². The van der Waals surface area contributed by atoms with E-state index >= 15 is 0 Å². The minimum atomic E-state index is -0.327. The Morgan fingerprint density at radius 3 is 2.40 bits per heavy atom. The molecule has 0 aliphatic carbocycles. The molecule has 0 radical (unpaired) electrons. The van der Waals surface area contributed by atoms with Crippen molar-refractivity contribution >= 4 is 33.2 Å². The molecule has 0 spiro atoms. The summed E-state index contributed by atoms with van der Waals surface area (Å²) in [7, 11) is 1.42. The lowest BCUT2D eigenvalue weighted by molar-refractivity contribution is -0.135. The van der Waals surface area contributed by atoms with Crippen molar-refractivity contribution in [2.24, 2.45) is 0 Å². The second kappa shape index (κ2) is 7.70. The van der Waals surface area contributed by atoms with Gasteiger partial charge < -0.3 is 9.64 Å². The fraction of sp³-hybridized carbons (Fsp3) is 0.190. The number of esters is 1. The topological polar surface area (TPSA) is 29.5 Å². The number of hydrogen-bond acceptors (Lipinski definition) is 3. The van der Waals surface area contributed by atoms with Gasteiger partial charge in [0.2, 0.25) is 0 Å². The summed E-state index contributed by atoms with van der Waals surface area (Å²) >= 11 is 3.47. The molecular formula is C21H20BrNO2. The lowest BCUT2D eigenvalue weighted by atomic mass is 9.92. The molecule has 1 aliphatic rings. The fourth-order valence-electron chi connectivity index (χ4n) is 3.00. The van der Waals surface area contributed by atoms with Crippen molar-refractivity contribution < 1.29 is 9.53 Å². The van der Waals surface area contributed by atoms with E-state index in [9.17, 15) is 4.79 Å². The van der Waals surface area contributed by atoms with Gasteiger partial charge in [0.15, 0.2) is 0 Å². The molecule has 4 heteroatoms. The van der Waals surface area contributed by atoms with Crippen LogP contribution in [0.1, 0.15) is 18.9 Å². The minimum Gasteiger partial charge on any atom is -0.465 e. The number of halogens is 1. The normalized spacial score (nSPS) is 16.9. The molecule has 128 valence electrons. The van der Waals surface area contributed by atoms with Crippen LogP contribution in [0.2, 0.25) is 0 Å². The van der Waals surface area contributed by atoms with Gasteiger partial charge in [-0.3, -0.25) is 0 Å². The molecule has 1 unspecified atom stereocenters. The van der Waals surface area contributed by atoms with E-state index in [1.807, 2.05) is 60.8 Å². The van der Waals surface area contributed by atoms with Crippen molar-refractivity contribution in [3.63, 3.8) is 0 Å². The average Bonchev–Trinajstić information content (AvgIpc) is 2.67. The number of ether oxygens (including phenoxy) is 1. The summed E-state index contributed by atoms with van der Waals surface area (Å²) in [5.74, 6) is -0.327. The Labute approximate surface area is 156 Å². The number of anilines is 1. The van der Waals surface area contributed by atoms with Crippen LogP contribution in [0.25, 0.3) is 5.57 Å². The van der Waals surface area contributed by atoms with Crippen molar-refractivity contribution in [2.45, 2.75) is 19.4 Å². The van der Waals surface area contributed by atoms with Gasteiger partial charge in [-0.1, -0.05) is 59.3 Å². The van der Waals surface area contributed by atoms with Gasteiger partial charge in [-0.15, -0.1) is 0 Å². The molecule has 3 rings (SSSR count). The molecule has 0 aromatic heterocycles. The standard InChI is InChI=1S/C21H20BrNO2/c1-3-17-13-19(15-7-5-4-6-8-15)20(21(24)25-2)14-23(17)18-11-9-16(22)10-12-18/h4-14,17H,3H2,1-2H3. The van der Waals surface area contributed by atoms with Crippen LogP contribution in [0, 0.1) is 0 Å². The number of hydrogen-bond donors (Lipinski definition) is 0. The second-order valence-corrected chi connectivity index (χ2v) is 6.76. The highest BCUT2D eigenvalue weighted by Crippen LogP contribution is 2.34. The fourth-order valence-corrected chi connectivity index (χ4v) is 3.27. The molecule has 3 nitrogen and oxygen atoms in total. The lowest BCUT2D eigenvalue weighted by Gasteiger charge is -2.33. The van der Waals surface area contributed by atoms with Gasteiger partial charge in [0, 0.05) is 16.4 Å². The number of rotatable bonds is 4. The van der Waals surface area contributed by atoms with E-state index in [0.717, 1.165) is 27.7 Å². The second-order valence-electron chi connectivity index (χ2n) is 5.84. The summed E-state index contributed by atoms with van der Waals surface area (Å²) in [4.78, 5) is 14.5. The van der Waals surface area contributed by atoms with Crippen LogP contribution in [-0.2, 0) is 9.53 Å². The van der Waals surface area contributed by atoms with Gasteiger partial charge in [0.25, 0.3) is 0 Å². The van der Waals surface area contributed by atoms with Crippen LogP contribution in [0.3, 0.4) is 0 Å². The lowest BCUT2D eigenvalue weighted by Crippen LogP contribution is -2.33. The van der Waals surface area contributed by atoms with E-state index in [1.54, 1.807) is 0 Å². The zero-order chi connectivity index (χ0) is 17.8. The van der Waals surface area contributed by atoms with Gasteiger partial charge in [-0.25, -0.2) is 4.79 Å². The third-order valence-corrected chi connectivity index (χ3v) is 4.84. The Bertz CT molecular complexity index is 810. The molecule has 0 saturated carbocycles. The number of nitrogens with zero attached hydrogens (tertiary/aromatic N) is 1. The maximum atomic E-state index is 12.4. The molecule has 1 aliphatic heterocycles. The van der Waals surface area contributed by atoms with Crippen LogP contribution in [0.5, 0.6) is 0 Å². The molecule has 0 bridgehead atoms. The number of benzene rings is 2. The van der Waals surface area contributed by atoms with Crippen LogP contribution < -0.4 is 4.90 Å². The van der Waals surface area contributed by atoms with E-state index in [2.05, 4.69) is 33.8 Å². The quantitative estimate of drug-likeness (QED) is 0.664. The van der Waals surface area contributed by atoms with Crippen molar-refractivity contribution in [3.05, 3.63) is 82.5 Å². The van der Waals surface area contributed by atoms with Gasteiger partial charge in [0.05, 0.1) is 18.7 Å². The Balaban J connectivity index is 2.08. The van der Waals surface area contributed by atoms with Crippen LogP contribution >= 0.6 is 15.9 Å². The first-order valence-electron chi connectivity index (χ1n) is 8.25. The first-order chi connectivity index (χ1) is 12.1. The van der Waals surface area contributed by atoms with Crippen molar-refractivity contribution in [1.82, 2.24) is 0 Å². The molecule has 0 saturated heterocycles. The third-order valence-electron chi connectivity index (χ3n) is 4.31. The molecule has 25 heavy (non-hydrogen) atoms. The predicted octanol–water partition coefficient (Wildman–Crippen LogP) is 5.19. The highest BCUT2D eigenvalue weighted by atomic mass is 79.9. The first-order valence-corrected chi connectivity index (χ1v) is 9.05. The molecule has 2 aromatic rings. The van der Waals surface area contributed by atoms with Gasteiger partial charge in [-0.05, 0) is 41.8 Å². The van der Waals surface area contributed by atoms with Crippen molar-refractivity contribution in [2.75, 3.05) is 12.0 Å². The Morgan fingerprint density at radius 2 is 1.80 bits per heavy atom. The average molecular weight is 398 g/mol. The SMILES string of the molecule is CCC1C=C(c2ccccc2)C(C(=O)OC)=CN1c1ccc(Br)cc1. The Kier molecular flexibility index (Phi) is 5.39. The predicted molar refractivity (Wildman–Crippen MR) is 105 cm³/mol. The largest absolute Gasteiger partial charge is 0.465 e. The number of carbonyl (C=O) groups is 1. The zero-order valence-electron chi connectivity index (χ0n) is 14.3. The van der Waals surface area contributed by atoms with E-state index in [-0.39, 0.29) is 12.0 Å². The maximum Gasteiger partial charge on any atom is 0.339 e. The van der Waals surface area contributed by atoms with E-state index in [4.69, 9.17) is 4.74 Å². The summed E-state index contributed by atoms with van der Waals surface area (Å²) < 4.78 is 6.06. The third kappa shape index (κ3) is 3.69. The summed E-state index contributed by atoms with van der Waals surface area (Å²) in [6, 6.07) is 18.2. The smallest absolute Gasteiger partial charge is 0.339 e. The monoisotopic (exact) mass is 397 g/mol. The number of carbonyl (C=O) groups excluding carboxylic acids is 1. The molecule has 1 heterocycles. The summed E-state index contributed by atoms with van der Waals surface area (Å²) in [6.07, 6.45) is 4.99. The van der Waals surface area contributed by atoms with E-state index in [0.29, 0.717) is 5.57 Å².